The Bertz CT molecular complexity index is 916. The zero-order valence-electron chi connectivity index (χ0n) is 13.6. The molecule has 2 N–H and O–H groups in total. The first kappa shape index (κ1) is 15.4. The van der Waals surface area contributed by atoms with Gasteiger partial charge in [-0.2, -0.15) is 0 Å². The van der Waals surface area contributed by atoms with Gasteiger partial charge in [-0.05, 0) is 24.3 Å². The number of anilines is 1. The minimum atomic E-state index is -0.401. The van der Waals surface area contributed by atoms with Crippen molar-refractivity contribution in [2.45, 2.75) is 0 Å². The molecule has 0 atom stereocenters. The number of piperazine rings is 1. The fourth-order valence-corrected chi connectivity index (χ4v) is 3.21. The lowest BCUT2D eigenvalue weighted by Gasteiger charge is -2.34. The summed E-state index contributed by atoms with van der Waals surface area (Å²) >= 11 is 0. The molecule has 128 valence electrons. The predicted molar refractivity (Wildman–Crippen MR) is 94.4 cm³/mol. The zero-order valence-corrected chi connectivity index (χ0v) is 13.6. The summed E-state index contributed by atoms with van der Waals surface area (Å²) < 4.78 is 15.6. The second-order valence-corrected chi connectivity index (χ2v) is 6.04. The lowest BCUT2D eigenvalue weighted by Crippen LogP contribution is -2.50. The van der Waals surface area contributed by atoms with E-state index in [2.05, 4.69) is 4.90 Å². The average molecular weight is 339 g/mol. The van der Waals surface area contributed by atoms with Crippen LogP contribution in [0.4, 0.5) is 15.0 Å². The molecular weight excluding hydrogens is 321 g/mol. The minimum Gasteiger partial charge on any atom is -0.351 e. The highest BCUT2D eigenvalue weighted by Crippen LogP contribution is 2.29. The summed E-state index contributed by atoms with van der Waals surface area (Å²) in [5.74, 6) is 0.498. The molecule has 1 aromatic heterocycles. The molecule has 1 aliphatic heterocycles. The van der Waals surface area contributed by atoms with Gasteiger partial charge in [-0.1, -0.05) is 18.2 Å². The number of rotatable bonds is 2. The summed E-state index contributed by atoms with van der Waals surface area (Å²) in [6.45, 7) is 2.38. The molecule has 0 saturated carbocycles. The van der Waals surface area contributed by atoms with Crippen LogP contribution in [-0.4, -0.2) is 46.9 Å². The molecule has 0 bridgehead atoms. The van der Waals surface area contributed by atoms with E-state index in [0.717, 1.165) is 22.4 Å². The molecule has 25 heavy (non-hydrogen) atoms. The molecular formula is C18H18FN5O. The highest BCUT2D eigenvalue weighted by atomic mass is 19.1. The smallest absolute Gasteiger partial charge is 0.314 e. The Hall–Kier alpha value is -3.09. The second-order valence-electron chi connectivity index (χ2n) is 6.04. The van der Waals surface area contributed by atoms with E-state index in [9.17, 15) is 9.18 Å². The number of nitrogens with zero attached hydrogens (tertiary/aromatic N) is 4. The molecule has 3 aromatic rings. The van der Waals surface area contributed by atoms with Gasteiger partial charge in [0.1, 0.15) is 5.82 Å². The summed E-state index contributed by atoms with van der Waals surface area (Å²) in [5.41, 5.74) is 6.94. The normalized spacial score (nSPS) is 14.9. The lowest BCUT2D eigenvalue weighted by molar-refractivity contribution is 0.204. The van der Waals surface area contributed by atoms with Crippen LogP contribution in [0, 0.1) is 5.82 Å². The van der Waals surface area contributed by atoms with Crippen LogP contribution in [0.2, 0.25) is 0 Å². The number of nitrogens with two attached hydrogens (primary N) is 1. The molecule has 0 aliphatic carbocycles. The monoisotopic (exact) mass is 339 g/mol. The Labute approximate surface area is 144 Å². The number of para-hydroxylation sites is 1. The van der Waals surface area contributed by atoms with E-state index < -0.39 is 6.03 Å². The molecule has 0 radical (unpaired) electrons. The largest absolute Gasteiger partial charge is 0.351 e. The third-order valence-corrected chi connectivity index (χ3v) is 4.52. The number of benzene rings is 2. The second kappa shape index (κ2) is 6.08. The first-order valence-corrected chi connectivity index (χ1v) is 8.16. The van der Waals surface area contributed by atoms with E-state index in [1.807, 2.05) is 30.3 Å². The topological polar surface area (TPSA) is 67.4 Å². The molecule has 7 heteroatoms. The molecule has 2 heterocycles. The molecule has 2 aromatic carbocycles. The van der Waals surface area contributed by atoms with Crippen LogP contribution in [0.1, 0.15) is 0 Å². The maximum Gasteiger partial charge on any atom is 0.314 e. The van der Waals surface area contributed by atoms with Crippen molar-refractivity contribution in [1.29, 1.82) is 0 Å². The van der Waals surface area contributed by atoms with Crippen molar-refractivity contribution in [2.75, 3.05) is 31.1 Å². The highest BCUT2D eigenvalue weighted by Gasteiger charge is 2.24. The quantitative estimate of drug-likeness (QED) is 0.779. The van der Waals surface area contributed by atoms with Crippen molar-refractivity contribution in [3.05, 3.63) is 54.3 Å². The number of carbonyl (C=O) groups is 1. The van der Waals surface area contributed by atoms with E-state index in [0.29, 0.717) is 26.2 Å². The van der Waals surface area contributed by atoms with Crippen molar-refractivity contribution in [3.8, 4) is 5.69 Å². The zero-order chi connectivity index (χ0) is 17.4. The van der Waals surface area contributed by atoms with Gasteiger partial charge in [0.15, 0.2) is 5.82 Å². The maximum atomic E-state index is 13.8. The van der Waals surface area contributed by atoms with E-state index in [1.54, 1.807) is 15.6 Å². The standard InChI is InChI=1S/C18H18FN5O/c19-13-6-7-15-16(12-13)24(14-4-2-1-3-5-14)21-17(15)22-8-10-23(11-9-22)18(20)25/h1-7,12H,8-11H2,(H2,20,25). The number of hydrogen-bond acceptors (Lipinski definition) is 3. The summed E-state index contributed by atoms with van der Waals surface area (Å²) in [6.07, 6.45) is 0. The van der Waals surface area contributed by atoms with Gasteiger partial charge in [-0.25, -0.2) is 13.9 Å². The van der Waals surface area contributed by atoms with Gasteiger partial charge in [-0.3, -0.25) is 0 Å². The number of hydrogen-bond donors (Lipinski definition) is 1. The van der Waals surface area contributed by atoms with Gasteiger partial charge in [-0.15, -0.1) is 5.10 Å². The number of urea groups is 1. The summed E-state index contributed by atoms with van der Waals surface area (Å²) in [7, 11) is 0. The Balaban J connectivity index is 1.76. The molecule has 6 nitrogen and oxygen atoms in total. The minimum absolute atomic E-state index is 0.297. The molecule has 1 saturated heterocycles. The summed E-state index contributed by atoms with van der Waals surface area (Å²) in [6, 6.07) is 14.0. The van der Waals surface area contributed by atoms with Crippen LogP contribution < -0.4 is 10.6 Å². The van der Waals surface area contributed by atoms with Gasteiger partial charge in [0, 0.05) is 37.6 Å². The Morgan fingerprint density at radius 2 is 1.76 bits per heavy atom. The maximum absolute atomic E-state index is 13.8. The molecule has 0 unspecified atom stereocenters. The first-order valence-electron chi connectivity index (χ1n) is 8.16. The van der Waals surface area contributed by atoms with Crippen LogP contribution in [0.25, 0.3) is 16.6 Å². The van der Waals surface area contributed by atoms with E-state index in [4.69, 9.17) is 10.8 Å². The van der Waals surface area contributed by atoms with Crippen LogP contribution in [-0.2, 0) is 0 Å². The van der Waals surface area contributed by atoms with Crippen molar-refractivity contribution >= 4 is 22.8 Å². The van der Waals surface area contributed by atoms with Gasteiger partial charge in [0.05, 0.1) is 11.2 Å². The van der Waals surface area contributed by atoms with Crippen molar-refractivity contribution in [1.82, 2.24) is 14.7 Å². The SMILES string of the molecule is NC(=O)N1CCN(c2nn(-c3ccccc3)c3cc(F)ccc23)CC1. The van der Waals surface area contributed by atoms with Gasteiger partial charge < -0.3 is 15.5 Å². The third kappa shape index (κ3) is 2.77. The Morgan fingerprint density at radius 3 is 2.44 bits per heavy atom. The highest BCUT2D eigenvalue weighted by molar-refractivity contribution is 5.92. The van der Waals surface area contributed by atoms with Crippen molar-refractivity contribution in [3.63, 3.8) is 0 Å². The van der Waals surface area contributed by atoms with E-state index in [1.165, 1.54) is 12.1 Å². The number of carbonyl (C=O) groups excluding carboxylic acids is 1. The molecule has 2 amide bonds. The van der Waals surface area contributed by atoms with Gasteiger partial charge in [0.25, 0.3) is 0 Å². The average Bonchev–Trinajstić information content (AvgIpc) is 3.01. The van der Waals surface area contributed by atoms with Crippen LogP contribution in [0.5, 0.6) is 0 Å². The van der Waals surface area contributed by atoms with Gasteiger partial charge >= 0.3 is 6.03 Å². The number of halogens is 1. The summed E-state index contributed by atoms with van der Waals surface area (Å²) in [4.78, 5) is 15.0. The lowest BCUT2D eigenvalue weighted by atomic mass is 10.2. The fraction of sp³-hybridized carbons (Fsp3) is 0.222. The Kier molecular flexibility index (Phi) is 3.76. The molecule has 1 fully saturated rings. The number of aromatic nitrogens is 2. The molecule has 0 spiro atoms. The van der Waals surface area contributed by atoms with E-state index >= 15 is 0 Å². The van der Waals surface area contributed by atoms with Crippen LogP contribution in [0.3, 0.4) is 0 Å². The van der Waals surface area contributed by atoms with Crippen LogP contribution >= 0.6 is 0 Å². The predicted octanol–water partition coefficient (Wildman–Crippen LogP) is 2.37. The third-order valence-electron chi connectivity index (χ3n) is 4.52. The first-order chi connectivity index (χ1) is 12.1. The number of primary amides is 1. The van der Waals surface area contributed by atoms with E-state index in [-0.39, 0.29) is 5.82 Å². The number of amides is 2. The summed E-state index contributed by atoms with van der Waals surface area (Å²) in [5, 5.41) is 5.62. The van der Waals surface area contributed by atoms with Crippen molar-refractivity contribution in [2.24, 2.45) is 5.73 Å². The fourth-order valence-electron chi connectivity index (χ4n) is 3.21. The molecule has 4 rings (SSSR count). The Morgan fingerprint density at radius 1 is 1.04 bits per heavy atom. The van der Waals surface area contributed by atoms with Crippen molar-refractivity contribution < 1.29 is 9.18 Å². The number of fused-ring (bicyclic) bond motifs is 1. The molecule has 1 aliphatic rings. The van der Waals surface area contributed by atoms with Crippen LogP contribution in [0.15, 0.2) is 48.5 Å². The van der Waals surface area contributed by atoms with Gasteiger partial charge in [0.2, 0.25) is 0 Å².